The maximum Gasteiger partial charge on any atom is 0.340 e. The van der Waals surface area contributed by atoms with Gasteiger partial charge in [-0.2, -0.15) is 0 Å². The third-order valence-electron chi connectivity index (χ3n) is 2.29. The van der Waals surface area contributed by atoms with Crippen LogP contribution in [0, 0.1) is 6.92 Å². The van der Waals surface area contributed by atoms with E-state index in [4.69, 9.17) is 0 Å². The molecule has 0 atom stereocenters. The van der Waals surface area contributed by atoms with E-state index in [0.717, 1.165) is 5.56 Å². The standard InChI is InChI=1S/C11H10N2O3/c1-6-3-7-9(12-5-13-10(7)14)8(4-6)11(15)16-2/h3-5H,1-2H3,(H,12,13,14). The number of carbonyl (C=O) groups is 1. The van der Waals surface area contributed by atoms with Crippen molar-refractivity contribution in [2.75, 3.05) is 7.11 Å². The van der Waals surface area contributed by atoms with Crippen LogP contribution in [0.4, 0.5) is 0 Å². The Balaban J connectivity index is 2.88. The smallest absolute Gasteiger partial charge is 0.340 e. The molecule has 16 heavy (non-hydrogen) atoms. The average Bonchev–Trinajstić information content (AvgIpc) is 2.28. The van der Waals surface area contributed by atoms with Crippen LogP contribution in [0.5, 0.6) is 0 Å². The topological polar surface area (TPSA) is 72.1 Å². The molecular weight excluding hydrogens is 208 g/mol. The number of rotatable bonds is 1. The van der Waals surface area contributed by atoms with Gasteiger partial charge in [-0.15, -0.1) is 0 Å². The fraction of sp³-hybridized carbons (Fsp3) is 0.182. The fourth-order valence-electron chi connectivity index (χ4n) is 1.59. The minimum atomic E-state index is -0.494. The van der Waals surface area contributed by atoms with Crippen LogP contribution in [0.25, 0.3) is 10.9 Å². The van der Waals surface area contributed by atoms with E-state index < -0.39 is 5.97 Å². The van der Waals surface area contributed by atoms with E-state index in [1.165, 1.54) is 13.4 Å². The van der Waals surface area contributed by atoms with Crippen molar-refractivity contribution in [2.45, 2.75) is 6.92 Å². The summed E-state index contributed by atoms with van der Waals surface area (Å²) in [4.78, 5) is 29.5. The van der Waals surface area contributed by atoms with Crippen molar-refractivity contribution in [3.8, 4) is 0 Å². The summed E-state index contributed by atoms with van der Waals surface area (Å²) in [5.41, 5.74) is 1.22. The monoisotopic (exact) mass is 218 g/mol. The molecule has 0 aliphatic carbocycles. The van der Waals surface area contributed by atoms with Gasteiger partial charge < -0.3 is 9.72 Å². The molecule has 82 valence electrons. The van der Waals surface area contributed by atoms with Crippen molar-refractivity contribution < 1.29 is 9.53 Å². The number of nitrogens with one attached hydrogen (secondary N) is 1. The SMILES string of the molecule is COC(=O)c1cc(C)cc2c(=O)[nH]cnc12. The molecule has 0 aliphatic rings. The van der Waals surface area contributed by atoms with Gasteiger partial charge in [0, 0.05) is 0 Å². The van der Waals surface area contributed by atoms with Crippen molar-refractivity contribution in [1.29, 1.82) is 0 Å². The molecule has 1 N–H and O–H groups in total. The van der Waals surface area contributed by atoms with Crippen molar-refractivity contribution >= 4 is 16.9 Å². The first-order valence-corrected chi connectivity index (χ1v) is 4.70. The Bertz CT molecular complexity index is 616. The second kappa shape index (κ2) is 3.77. The third-order valence-corrected chi connectivity index (χ3v) is 2.29. The lowest BCUT2D eigenvalue weighted by Gasteiger charge is -2.04. The second-order valence-corrected chi connectivity index (χ2v) is 3.43. The van der Waals surface area contributed by atoms with Gasteiger partial charge >= 0.3 is 5.97 Å². The molecule has 5 nitrogen and oxygen atoms in total. The largest absolute Gasteiger partial charge is 0.465 e. The third kappa shape index (κ3) is 1.56. The number of hydrogen-bond acceptors (Lipinski definition) is 4. The Kier molecular flexibility index (Phi) is 2.44. The Hall–Kier alpha value is -2.17. The van der Waals surface area contributed by atoms with Crippen LogP contribution >= 0.6 is 0 Å². The summed E-state index contributed by atoms with van der Waals surface area (Å²) in [6.07, 6.45) is 1.27. The van der Waals surface area contributed by atoms with Gasteiger partial charge in [-0.05, 0) is 24.6 Å². The molecule has 1 heterocycles. The van der Waals surface area contributed by atoms with Gasteiger partial charge in [-0.3, -0.25) is 4.79 Å². The lowest BCUT2D eigenvalue weighted by Crippen LogP contribution is -2.11. The second-order valence-electron chi connectivity index (χ2n) is 3.43. The normalized spacial score (nSPS) is 10.4. The lowest BCUT2D eigenvalue weighted by molar-refractivity contribution is 0.0602. The molecule has 0 saturated carbocycles. The summed E-state index contributed by atoms with van der Waals surface area (Å²) in [6.45, 7) is 1.80. The molecule has 0 radical (unpaired) electrons. The highest BCUT2D eigenvalue weighted by molar-refractivity contribution is 6.02. The molecule has 5 heteroatoms. The Morgan fingerprint density at radius 3 is 2.88 bits per heavy atom. The van der Waals surface area contributed by atoms with E-state index in [1.807, 2.05) is 0 Å². The zero-order chi connectivity index (χ0) is 11.7. The van der Waals surface area contributed by atoms with Crippen LogP contribution in [0.1, 0.15) is 15.9 Å². The molecule has 0 amide bonds. The zero-order valence-corrected chi connectivity index (χ0v) is 8.90. The Morgan fingerprint density at radius 2 is 2.19 bits per heavy atom. The Morgan fingerprint density at radius 1 is 1.44 bits per heavy atom. The molecular formula is C11H10N2O3. The van der Waals surface area contributed by atoms with Crippen LogP contribution < -0.4 is 5.56 Å². The number of nitrogens with zero attached hydrogens (tertiary/aromatic N) is 1. The summed E-state index contributed by atoms with van der Waals surface area (Å²) in [5, 5.41) is 0.392. The predicted molar refractivity (Wildman–Crippen MR) is 58.4 cm³/mol. The maximum atomic E-state index is 11.5. The number of fused-ring (bicyclic) bond motifs is 1. The van der Waals surface area contributed by atoms with Gasteiger partial charge in [0.1, 0.15) is 0 Å². The van der Waals surface area contributed by atoms with Gasteiger partial charge in [-0.25, -0.2) is 9.78 Å². The van der Waals surface area contributed by atoms with Crippen LogP contribution in [-0.2, 0) is 4.74 Å². The number of H-pyrrole nitrogens is 1. The highest BCUT2D eigenvalue weighted by Gasteiger charge is 2.13. The molecule has 0 spiro atoms. The molecule has 2 rings (SSSR count). The first-order chi connectivity index (χ1) is 7.63. The summed E-state index contributed by atoms with van der Waals surface area (Å²) in [6, 6.07) is 3.34. The molecule has 0 aliphatic heterocycles. The number of aryl methyl sites for hydroxylation is 1. The molecule has 0 fully saturated rings. The molecule has 0 saturated heterocycles. The van der Waals surface area contributed by atoms with Crippen molar-refractivity contribution in [3.63, 3.8) is 0 Å². The number of benzene rings is 1. The highest BCUT2D eigenvalue weighted by atomic mass is 16.5. The highest BCUT2D eigenvalue weighted by Crippen LogP contribution is 2.16. The molecule has 1 aromatic carbocycles. The predicted octanol–water partition coefficient (Wildman–Crippen LogP) is 1.02. The zero-order valence-electron chi connectivity index (χ0n) is 8.90. The van der Waals surface area contributed by atoms with Crippen LogP contribution in [-0.4, -0.2) is 23.0 Å². The maximum absolute atomic E-state index is 11.5. The van der Waals surface area contributed by atoms with E-state index in [-0.39, 0.29) is 5.56 Å². The van der Waals surface area contributed by atoms with Crippen molar-refractivity contribution in [3.05, 3.63) is 39.9 Å². The number of hydrogen-bond donors (Lipinski definition) is 1. The van der Waals surface area contributed by atoms with Crippen molar-refractivity contribution in [1.82, 2.24) is 9.97 Å². The van der Waals surface area contributed by atoms with E-state index in [2.05, 4.69) is 14.7 Å². The summed E-state index contributed by atoms with van der Waals surface area (Å²) >= 11 is 0. The number of methoxy groups -OCH3 is 1. The Labute approximate surface area is 91.1 Å². The quantitative estimate of drug-likeness (QED) is 0.725. The van der Waals surface area contributed by atoms with Gasteiger partial charge in [0.25, 0.3) is 5.56 Å². The van der Waals surface area contributed by atoms with E-state index in [0.29, 0.717) is 16.5 Å². The van der Waals surface area contributed by atoms with Crippen molar-refractivity contribution in [2.24, 2.45) is 0 Å². The molecule has 2 aromatic rings. The fourth-order valence-corrected chi connectivity index (χ4v) is 1.59. The number of aromatic nitrogens is 2. The van der Waals surface area contributed by atoms with E-state index in [1.54, 1.807) is 19.1 Å². The first kappa shape index (κ1) is 10.4. The summed E-state index contributed by atoms with van der Waals surface area (Å²) in [5.74, 6) is -0.494. The van der Waals surface area contributed by atoms with Gasteiger partial charge in [-0.1, -0.05) is 0 Å². The van der Waals surface area contributed by atoms with Crippen LogP contribution in [0.3, 0.4) is 0 Å². The molecule has 0 unspecified atom stereocenters. The molecule has 1 aromatic heterocycles. The van der Waals surface area contributed by atoms with Gasteiger partial charge in [0.05, 0.1) is 29.9 Å². The number of aromatic amines is 1. The first-order valence-electron chi connectivity index (χ1n) is 4.70. The number of ether oxygens (including phenoxy) is 1. The summed E-state index contributed by atoms with van der Waals surface area (Å²) in [7, 11) is 1.30. The van der Waals surface area contributed by atoms with Crippen LogP contribution in [0.2, 0.25) is 0 Å². The van der Waals surface area contributed by atoms with Gasteiger partial charge in [0.15, 0.2) is 0 Å². The van der Waals surface area contributed by atoms with E-state index in [9.17, 15) is 9.59 Å². The number of esters is 1. The molecule has 0 bridgehead atoms. The summed E-state index contributed by atoms with van der Waals surface area (Å²) < 4.78 is 4.65. The van der Waals surface area contributed by atoms with Gasteiger partial charge in [0.2, 0.25) is 0 Å². The minimum Gasteiger partial charge on any atom is -0.465 e. The van der Waals surface area contributed by atoms with E-state index >= 15 is 0 Å². The minimum absolute atomic E-state index is 0.265. The lowest BCUT2D eigenvalue weighted by atomic mass is 10.1. The number of carbonyl (C=O) groups excluding carboxylic acids is 1. The average molecular weight is 218 g/mol. The van der Waals surface area contributed by atoms with Crippen LogP contribution in [0.15, 0.2) is 23.3 Å².